The number of benzene rings is 2. The molecule has 0 saturated carbocycles. The number of fused-ring (bicyclic) bond motifs is 1. The highest BCUT2D eigenvalue weighted by molar-refractivity contribution is 5.94. The van der Waals surface area contributed by atoms with Crippen LogP contribution in [0.15, 0.2) is 48.5 Å². The number of aromatic nitrogens is 2. The highest BCUT2D eigenvalue weighted by Crippen LogP contribution is 2.30. The molecule has 0 N–H and O–H groups in total. The van der Waals surface area contributed by atoms with Gasteiger partial charge in [-0.25, -0.2) is 13.5 Å². The van der Waals surface area contributed by atoms with Crippen LogP contribution in [0, 0.1) is 11.6 Å². The van der Waals surface area contributed by atoms with Crippen molar-refractivity contribution < 1.29 is 18.3 Å². The Kier molecular flexibility index (Phi) is 5.74. The van der Waals surface area contributed by atoms with Crippen molar-refractivity contribution in [2.75, 3.05) is 13.2 Å². The normalized spacial score (nSPS) is 17.5. The lowest BCUT2D eigenvalue weighted by Gasteiger charge is -2.25. The van der Waals surface area contributed by atoms with Gasteiger partial charge >= 0.3 is 0 Å². The van der Waals surface area contributed by atoms with Crippen LogP contribution in [0.25, 0.3) is 5.69 Å². The van der Waals surface area contributed by atoms with Crippen LogP contribution in [-0.4, -0.2) is 39.8 Å². The number of hydrogen-bond donors (Lipinski definition) is 0. The largest absolute Gasteiger partial charge is 0.376 e. The zero-order valence-corrected chi connectivity index (χ0v) is 17.8. The predicted molar refractivity (Wildman–Crippen MR) is 116 cm³/mol. The molecule has 1 aromatic heterocycles. The lowest BCUT2D eigenvalue weighted by Crippen LogP contribution is -2.37. The van der Waals surface area contributed by atoms with Crippen LogP contribution in [0.4, 0.5) is 8.78 Å². The zero-order valence-electron chi connectivity index (χ0n) is 17.8. The fourth-order valence-corrected chi connectivity index (χ4v) is 4.65. The first-order valence-electron chi connectivity index (χ1n) is 11.1. The van der Waals surface area contributed by atoms with Crippen LogP contribution in [0.2, 0.25) is 0 Å². The topological polar surface area (TPSA) is 47.4 Å². The van der Waals surface area contributed by atoms with Crippen LogP contribution >= 0.6 is 0 Å². The Bertz CT molecular complexity index is 1120. The van der Waals surface area contributed by atoms with Gasteiger partial charge < -0.3 is 9.64 Å². The standard InChI is InChI=1S/C25H25F2N3O2/c26-21-12-11-18(14-22(21)27)30-23-10-4-9-20(23)24(28-30)25(31)29(16-19-8-5-13-32-19)15-17-6-2-1-3-7-17/h1-3,6-7,11-12,14,19H,4-5,8-10,13,15-16H2. The molecular formula is C25H25F2N3O2. The molecule has 3 aromatic rings. The van der Waals surface area contributed by atoms with Gasteiger partial charge in [0.25, 0.3) is 5.91 Å². The Morgan fingerprint density at radius 1 is 1.09 bits per heavy atom. The summed E-state index contributed by atoms with van der Waals surface area (Å²) in [4.78, 5) is 15.5. The Morgan fingerprint density at radius 2 is 1.94 bits per heavy atom. The summed E-state index contributed by atoms with van der Waals surface area (Å²) in [5.74, 6) is -1.98. The number of amides is 1. The molecule has 2 aromatic carbocycles. The van der Waals surface area contributed by atoms with Gasteiger partial charge in [-0.05, 0) is 49.8 Å². The lowest BCUT2D eigenvalue weighted by molar-refractivity contribution is 0.0501. The molecule has 1 aliphatic carbocycles. The highest BCUT2D eigenvalue weighted by atomic mass is 19.2. The first-order chi connectivity index (χ1) is 15.6. The van der Waals surface area contributed by atoms with E-state index in [4.69, 9.17) is 4.74 Å². The molecule has 2 heterocycles. The Balaban J connectivity index is 1.49. The number of carbonyl (C=O) groups is 1. The van der Waals surface area contributed by atoms with E-state index in [0.717, 1.165) is 67.7 Å². The van der Waals surface area contributed by atoms with E-state index in [1.54, 1.807) is 4.68 Å². The first-order valence-corrected chi connectivity index (χ1v) is 11.1. The van der Waals surface area contributed by atoms with Gasteiger partial charge in [-0.3, -0.25) is 4.79 Å². The van der Waals surface area contributed by atoms with Crippen molar-refractivity contribution in [2.45, 2.75) is 44.8 Å². The van der Waals surface area contributed by atoms with Crippen molar-refractivity contribution in [3.05, 3.63) is 82.7 Å². The van der Waals surface area contributed by atoms with Crippen LogP contribution in [-0.2, 0) is 24.1 Å². The first kappa shape index (κ1) is 20.8. The van der Waals surface area contributed by atoms with Crippen molar-refractivity contribution >= 4 is 5.91 Å². The molecule has 1 fully saturated rings. The summed E-state index contributed by atoms with van der Waals surface area (Å²) < 4.78 is 34.7. The number of rotatable bonds is 6. The van der Waals surface area contributed by atoms with Gasteiger partial charge in [-0.15, -0.1) is 0 Å². The third-order valence-electron chi connectivity index (χ3n) is 6.23. The fraction of sp³-hybridized carbons (Fsp3) is 0.360. The summed E-state index contributed by atoms with van der Waals surface area (Å²) in [6, 6.07) is 13.6. The maximum Gasteiger partial charge on any atom is 0.275 e. The molecule has 2 aliphatic rings. The minimum absolute atomic E-state index is 0.0176. The Morgan fingerprint density at radius 3 is 2.69 bits per heavy atom. The van der Waals surface area contributed by atoms with Crippen LogP contribution in [0.5, 0.6) is 0 Å². The second-order valence-electron chi connectivity index (χ2n) is 8.44. The molecule has 7 heteroatoms. The van der Waals surface area contributed by atoms with E-state index in [1.807, 2.05) is 35.2 Å². The van der Waals surface area contributed by atoms with Gasteiger partial charge in [0.05, 0.1) is 11.8 Å². The van der Waals surface area contributed by atoms with Crippen molar-refractivity contribution in [1.29, 1.82) is 0 Å². The number of halogens is 2. The summed E-state index contributed by atoms with van der Waals surface area (Å²) in [7, 11) is 0. The average molecular weight is 437 g/mol. The van der Waals surface area contributed by atoms with Crippen molar-refractivity contribution in [1.82, 2.24) is 14.7 Å². The Labute approximate surface area is 185 Å². The molecule has 166 valence electrons. The van der Waals surface area contributed by atoms with Gasteiger partial charge in [0.2, 0.25) is 0 Å². The van der Waals surface area contributed by atoms with Crippen LogP contribution < -0.4 is 0 Å². The van der Waals surface area contributed by atoms with Gasteiger partial charge in [-0.2, -0.15) is 5.10 Å². The molecule has 1 unspecified atom stereocenters. The summed E-state index contributed by atoms with van der Waals surface area (Å²) in [6.45, 7) is 1.69. The minimum atomic E-state index is -0.929. The number of ether oxygens (including phenoxy) is 1. The third-order valence-corrected chi connectivity index (χ3v) is 6.23. The van der Waals surface area contributed by atoms with Gasteiger partial charge in [0.1, 0.15) is 0 Å². The lowest BCUT2D eigenvalue weighted by atomic mass is 10.1. The Hall–Kier alpha value is -3.06. The molecule has 0 radical (unpaired) electrons. The quantitative estimate of drug-likeness (QED) is 0.572. The van der Waals surface area contributed by atoms with E-state index < -0.39 is 11.6 Å². The molecule has 32 heavy (non-hydrogen) atoms. The third kappa shape index (κ3) is 4.05. The number of hydrogen-bond acceptors (Lipinski definition) is 3. The van der Waals surface area contributed by atoms with E-state index in [0.29, 0.717) is 24.5 Å². The van der Waals surface area contributed by atoms with Crippen molar-refractivity contribution in [2.24, 2.45) is 0 Å². The fourth-order valence-electron chi connectivity index (χ4n) is 4.65. The monoisotopic (exact) mass is 437 g/mol. The number of carbonyl (C=O) groups excluding carboxylic acids is 1. The molecule has 1 atom stereocenters. The summed E-state index contributed by atoms with van der Waals surface area (Å²) in [5, 5.41) is 4.61. The average Bonchev–Trinajstić information content (AvgIpc) is 3.54. The smallest absolute Gasteiger partial charge is 0.275 e. The number of nitrogens with zero attached hydrogens (tertiary/aromatic N) is 3. The molecule has 1 amide bonds. The van der Waals surface area contributed by atoms with Crippen molar-refractivity contribution in [3.8, 4) is 5.69 Å². The molecule has 5 nitrogen and oxygen atoms in total. The highest BCUT2D eigenvalue weighted by Gasteiger charge is 2.31. The molecule has 0 bridgehead atoms. The molecular weight excluding hydrogens is 412 g/mol. The molecule has 0 spiro atoms. The van der Waals surface area contributed by atoms with E-state index in [9.17, 15) is 13.6 Å². The maximum atomic E-state index is 13.9. The predicted octanol–water partition coefficient (Wildman–Crippen LogP) is 4.46. The van der Waals surface area contributed by atoms with E-state index in [1.165, 1.54) is 6.07 Å². The minimum Gasteiger partial charge on any atom is -0.376 e. The molecule has 1 aliphatic heterocycles. The summed E-state index contributed by atoms with van der Waals surface area (Å²) in [6.07, 6.45) is 4.35. The molecule has 5 rings (SSSR count). The van der Waals surface area contributed by atoms with Crippen molar-refractivity contribution in [3.63, 3.8) is 0 Å². The zero-order chi connectivity index (χ0) is 22.1. The summed E-state index contributed by atoms with van der Waals surface area (Å²) in [5.41, 5.74) is 3.67. The van der Waals surface area contributed by atoms with Gasteiger partial charge in [-0.1, -0.05) is 30.3 Å². The second kappa shape index (κ2) is 8.82. The van der Waals surface area contributed by atoms with Gasteiger partial charge in [0, 0.05) is 37.0 Å². The van der Waals surface area contributed by atoms with E-state index in [-0.39, 0.29) is 12.0 Å². The summed E-state index contributed by atoms with van der Waals surface area (Å²) >= 11 is 0. The van der Waals surface area contributed by atoms with Crippen LogP contribution in [0.3, 0.4) is 0 Å². The van der Waals surface area contributed by atoms with Gasteiger partial charge in [0.15, 0.2) is 17.3 Å². The van der Waals surface area contributed by atoms with E-state index >= 15 is 0 Å². The van der Waals surface area contributed by atoms with Crippen LogP contribution in [0.1, 0.15) is 46.6 Å². The maximum absolute atomic E-state index is 13.9. The second-order valence-corrected chi connectivity index (χ2v) is 8.44. The van der Waals surface area contributed by atoms with E-state index in [2.05, 4.69) is 5.10 Å². The SMILES string of the molecule is O=C(c1nn(-c2ccc(F)c(F)c2)c2c1CCC2)N(Cc1ccccc1)CC1CCCO1. The molecule has 1 saturated heterocycles.